The van der Waals surface area contributed by atoms with Crippen LogP contribution in [0, 0.1) is 0 Å². The third-order valence-corrected chi connectivity index (χ3v) is 1.02. The fourth-order valence-corrected chi connectivity index (χ4v) is 0.463. The van der Waals surface area contributed by atoms with Crippen molar-refractivity contribution in [1.29, 1.82) is 0 Å². The highest BCUT2D eigenvalue weighted by atomic mass is 16.6. The van der Waals surface area contributed by atoms with Gasteiger partial charge in [-0.25, -0.2) is 9.59 Å². The highest BCUT2D eigenvalue weighted by Crippen LogP contribution is 2.05. The molecule has 1 rings (SSSR count). The number of carboxylic acid groups (broad SMARTS) is 1. The van der Waals surface area contributed by atoms with Gasteiger partial charge in [0, 0.05) is 6.08 Å². The van der Waals surface area contributed by atoms with Crippen LogP contribution in [0.1, 0.15) is 6.42 Å². The Labute approximate surface area is 92.1 Å². The van der Waals surface area contributed by atoms with Crippen molar-refractivity contribution >= 4 is 17.9 Å². The molecule has 0 radical (unpaired) electrons. The molecule has 1 saturated heterocycles. The molecule has 88 valence electrons. The molecular weight excluding hydrogens is 216 g/mol. The Balaban J connectivity index is 0. The molecule has 6 nitrogen and oxygen atoms in total. The van der Waals surface area contributed by atoms with E-state index in [1.165, 1.54) is 0 Å². The average Bonchev–Trinajstić information content (AvgIpc) is 2.46. The largest absolute Gasteiger partial charge is 0.478 e. The van der Waals surface area contributed by atoms with E-state index in [-0.39, 0.29) is 6.42 Å². The molecule has 1 fully saturated rings. The van der Waals surface area contributed by atoms with Crippen LogP contribution in [0.4, 0.5) is 0 Å². The number of aliphatic carboxylic acids is 1. The van der Waals surface area contributed by atoms with E-state index in [0.29, 0.717) is 0 Å². The molecule has 1 heterocycles. The Kier molecular flexibility index (Phi) is 9.54. The van der Waals surface area contributed by atoms with Crippen LogP contribution in [-0.4, -0.2) is 34.2 Å². The van der Waals surface area contributed by atoms with Gasteiger partial charge in [-0.15, -0.1) is 5.73 Å². The molecule has 0 aromatic heterocycles. The number of rotatable bonds is 1. The Morgan fingerprint density at radius 3 is 1.94 bits per heavy atom. The number of esters is 2. The zero-order valence-corrected chi connectivity index (χ0v) is 8.51. The van der Waals surface area contributed by atoms with E-state index < -0.39 is 24.0 Å². The summed E-state index contributed by atoms with van der Waals surface area (Å²) in [6.45, 7) is 9.21. The Morgan fingerprint density at radius 2 is 1.88 bits per heavy atom. The molecule has 6 heteroatoms. The molecule has 1 atom stereocenters. The van der Waals surface area contributed by atoms with Crippen molar-refractivity contribution in [2.24, 2.45) is 0 Å². The summed E-state index contributed by atoms with van der Waals surface area (Å²) in [6.07, 6.45) is -0.582. The van der Waals surface area contributed by atoms with Gasteiger partial charge in [0.2, 0.25) is 0 Å². The maximum Gasteiger partial charge on any atom is 0.343 e. The van der Waals surface area contributed by atoms with Gasteiger partial charge >= 0.3 is 17.9 Å². The van der Waals surface area contributed by atoms with Gasteiger partial charge in [-0.2, -0.15) is 0 Å². The van der Waals surface area contributed by atoms with Gasteiger partial charge in [-0.05, 0) is 0 Å². The Hall–Kier alpha value is -2.17. The third-order valence-electron chi connectivity index (χ3n) is 1.02. The van der Waals surface area contributed by atoms with E-state index in [2.05, 4.69) is 30.2 Å². The van der Waals surface area contributed by atoms with E-state index in [0.717, 1.165) is 6.08 Å². The Bertz CT molecular complexity index is 311. The highest BCUT2D eigenvalue weighted by molar-refractivity contribution is 5.95. The minimum atomic E-state index is -1.22. The molecule has 0 bridgehead atoms. The van der Waals surface area contributed by atoms with Crippen molar-refractivity contribution in [3.8, 4) is 0 Å². The predicted molar refractivity (Wildman–Crippen MR) is 54.3 cm³/mol. The van der Waals surface area contributed by atoms with Gasteiger partial charge in [-0.3, -0.25) is 4.79 Å². The molecule has 1 unspecified atom stereocenters. The monoisotopic (exact) mass is 228 g/mol. The number of hydrogen-bond donors (Lipinski definition) is 2. The first-order valence-corrected chi connectivity index (χ1v) is 3.96. The predicted octanol–water partition coefficient (Wildman–Crippen LogP) is 0.0351. The number of ether oxygens (including phenoxy) is 1. The SMILES string of the molecule is C=C=C.C=CC(=O)O.O=C1CC(O)C(=O)O1. The molecule has 0 aliphatic carbocycles. The van der Waals surface area contributed by atoms with Crippen LogP contribution in [0.3, 0.4) is 0 Å². The Morgan fingerprint density at radius 1 is 1.50 bits per heavy atom. The fourth-order valence-electron chi connectivity index (χ4n) is 0.463. The summed E-state index contributed by atoms with van der Waals surface area (Å²) in [6, 6.07) is 0. The van der Waals surface area contributed by atoms with Crippen LogP contribution in [0.2, 0.25) is 0 Å². The van der Waals surface area contributed by atoms with Gasteiger partial charge in [-0.1, -0.05) is 19.7 Å². The van der Waals surface area contributed by atoms with Crippen molar-refractivity contribution in [3.63, 3.8) is 0 Å². The van der Waals surface area contributed by atoms with Crippen LogP contribution in [0.15, 0.2) is 31.5 Å². The maximum absolute atomic E-state index is 10.1. The van der Waals surface area contributed by atoms with Crippen LogP contribution in [0.25, 0.3) is 0 Å². The number of carbonyl (C=O) groups excluding carboxylic acids is 2. The fraction of sp³-hybridized carbons (Fsp3) is 0.200. The molecule has 0 aromatic rings. The molecule has 16 heavy (non-hydrogen) atoms. The number of hydrogen-bond acceptors (Lipinski definition) is 5. The van der Waals surface area contributed by atoms with Crippen molar-refractivity contribution in [3.05, 3.63) is 31.5 Å². The zero-order chi connectivity index (χ0) is 13.1. The molecule has 0 spiro atoms. The summed E-state index contributed by atoms with van der Waals surface area (Å²) in [7, 11) is 0. The number of aliphatic hydroxyl groups excluding tert-OH is 1. The number of cyclic esters (lactones) is 2. The normalized spacial score (nSPS) is 16.7. The lowest BCUT2D eigenvalue weighted by Gasteiger charge is -1.86. The summed E-state index contributed by atoms with van der Waals surface area (Å²) < 4.78 is 3.95. The van der Waals surface area contributed by atoms with Crippen LogP contribution in [0.5, 0.6) is 0 Å². The van der Waals surface area contributed by atoms with Gasteiger partial charge < -0.3 is 14.9 Å². The van der Waals surface area contributed by atoms with Crippen molar-refractivity contribution in [1.82, 2.24) is 0 Å². The third kappa shape index (κ3) is 9.91. The van der Waals surface area contributed by atoms with E-state index >= 15 is 0 Å². The van der Waals surface area contributed by atoms with Gasteiger partial charge in [0.1, 0.15) is 0 Å². The minimum absolute atomic E-state index is 0.196. The lowest BCUT2D eigenvalue weighted by atomic mass is 10.3. The van der Waals surface area contributed by atoms with Gasteiger partial charge in [0.15, 0.2) is 6.10 Å². The molecule has 1 aliphatic heterocycles. The standard InChI is InChI=1S/C4H4O4.C3H4O2.C3H4/c5-2-1-3(6)8-4(2)7;1-2-3(4)5;1-3-2/h2,5H,1H2;2H,1H2,(H,4,5);1-2H2. The lowest BCUT2D eigenvalue weighted by molar-refractivity contribution is -0.154. The van der Waals surface area contributed by atoms with Crippen molar-refractivity contribution in [2.75, 3.05) is 0 Å². The second-order valence-corrected chi connectivity index (χ2v) is 2.31. The first-order chi connectivity index (χ1) is 7.38. The summed E-state index contributed by atoms with van der Waals surface area (Å²) in [4.78, 5) is 29.4. The van der Waals surface area contributed by atoms with Crippen LogP contribution in [-0.2, 0) is 19.1 Å². The molecule has 0 amide bonds. The summed E-state index contributed by atoms with van der Waals surface area (Å²) >= 11 is 0. The zero-order valence-electron chi connectivity index (χ0n) is 8.51. The summed E-state index contributed by atoms with van der Waals surface area (Å²) in [5, 5.41) is 16.1. The molecule has 1 aliphatic rings. The highest BCUT2D eigenvalue weighted by Gasteiger charge is 2.30. The summed E-state index contributed by atoms with van der Waals surface area (Å²) in [5.74, 6) is -2.47. The minimum Gasteiger partial charge on any atom is -0.478 e. The van der Waals surface area contributed by atoms with E-state index in [4.69, 9.17) is 10.2 Å². The number of carbonyl (C=O) groups is 3. The van der Waals surface area contributed by atoms with Crippen molar-refractivity contribution in [2.45, 2.75) is 12.5 Å². The smallest absolute Gasteiger partial charge is 0.343 e. The first kappa shape index (κ1) is 16.3. The first-order valence-electron chi connectivity index (χ1n) is 3.96. The van der Waals surface area contributed by atoms with Gasteiger partial charge in [0.05, 0.1) is 6.42 Å². The average molecular weight is 228 g/mol. The molecular formula is C10H12O6. The van der Waals surface area contributed by atoms with E-state index in [9.17, 15) is 14.4 Å². The van der Waals surface area contributed by atoms with Crippen molar-refractivity contribution < 1.29 is 29.3 Å². The number of aliphatic hydroxyl groups is 1. The summed E-state index contributed by atoms with van der Waals surface area (Å²) in [5.41, 5.74) is 2.25. The van der Waals surface area contributed by atoms with E-state index in [1.807, 2.05) is 0 Å². The van der Waals surface area contributed by atoms with Crippen LogP contribution >= 0.6 is 0 Å². The quantitative estimate of drug-likeness (QED) is 0.284. The topological polar surface area (TPSA) is 101 Å². The molecule has 0 saturated carbocycles. The number of carboxylic acids is 1. The van der Waals surface area contributed by atoms with Gasteiger partial charge in [0.25, 0.3) is 0 Å². The lowest BCUT2D eigenvalue weighted by Crippen LogP contribution is -2.11. The molecule has 2 N–H and O–H groups in total. The van der Waals surface area contributed by atoms with Crippen LogP contribution < -0.4 is 0 Å². The second-order valence-electron chi connectivity index (χ2n) is 2.31. The second kappa shape index (κ2) is 9.39. The molecule has 0 aromatic carbocycles. The van der Waals surface area contributed by atoms with E-state index in [1.54, 1.807) is 0 Å². The maximum atomic E-state index is 10.1.